The van der Waals surface area contributed by atoms with Crippen LogP contribution in [0, 0.1) is 11.3 Å². The molecule has 0 aliphatic heterocycles. The van der Waals surface area contributed by atoms with E-state index in [4.69, 9.17) is 16.3 Å². The van der Waals surface area contributed by atoms with Gasteiger partial charge in [0.1, 0.15) is 16.7 Å². The molecule has 0 saturated heterocycles. The number of ether oxygens (including phenoxy) is 1. The fraction of sp³-hybridized carbons (Fsp3) is 0.400. The molecule has 3 unspecified atom stereocenters. The molecule has 0 radical (unpaired) electrons. The van der Waals surface area contributed by atoms with Gasteiger partial charge in [0.05, 0.1) is 12.8 Å². The van der Waals surface area contributed by atoms with Crippen LogP contribution in [-0.2, 0) is 11.0 Å². The molecule has 0 aromatic heterocycles. The Morgan fingerprint density at radius 2 is 1.88 bits per heavy atom. The maximum Gasteiger partial charge on any atom is 0.142 e. The predicted molar refractivity (Wildman–Crippen MR) is 111 cm³/mol. The number of hydrogen-bond acceptors (Lipinski definition) is 3. The van der Waals surface area contributed by atoms with Gasteiger partial charge in [0.15, 0.2) is 0 Å². The molecule has 0 bridgehead atoms. The van der Waals surface area contributed by atoms with Crippen molar-refractivity contribution in [2.24, 2.45) is 11.3 Å². The average Bonchev–Trinajstić information content (AvgIpc) is 3.14. The second-order valence-corrected chi connectivity index (χ2v) is 8.86. The molecule has 1 fully saturated rings. The second kappa shape index (κ2) is 7.49. The number of halogens is 1. The van der Waals surface area contributed by atoms with Crippen molar-refractivity contribution in [2.75, 3.05) is 29.9 Å². The Labute approximate surface area is 162 Å². The van der Waals surface area contributed by atoms with Crippen LogP contribution < -0.4 is 14.8 Å². The summed E-state index contributed by atoms with van der Waals surface area (Å²) in [4.78, 5) is 0. The van der Waals surface area contributed by atoms with Crippen LogP contribution in [0.2, 0.25) is 5.02 Å². The molecule has 1 saturated carbocycles. The lowest BCUT2D eigenvalue weighted by atomic mass is 10.0. The van der Waals surface area contributed by atoms with Crippen molar-refractivity contribution in [1.82, 2.24) is 0 Å². The van der Waals surface area contributed by atoms with Crippen molar-refractivity contribution in [3.05, 3.63) is 53.1 Å². The van der Waals surface area contributed by atoms with Crippen molar-refractivity contribution >= 4 is 34.0 Å². The van der Waals surface area contributed by atoms with E-state index < -0.39 is 11.0 Å². The van der Waals surface area contributed by atoms with E-state index in [2.05, 4.69) is 36.0 Å². The Kier molecular flexibility index (Phi) is 5.49. The highest BCUT2D eigenvalue weighted by molar-refractivity contribution is 7.85. The van der Waals surface area contributed by atoms with Gasteiger partial charge in [-0.15, -0.1) is 0 Å². The third-order valence-electron chi connectivity index (χ3n) is 5.26. The van der Waals surface area contributed by atoms with E-state index in [0.29, 0.717) is 16.9 Å². The molecule has 3 atom stereocenters. The van der Waals surface area contributed by atoms with Crippen LogP contribution in [0.15, 0.2) is 42.5 Å². The summed E-state index contributed by atoms with van der Waals surface area (Å²) in [6.45, 7) is 5.45. The molecule has 1 aliphatic rings. The maximum absolute atomic E-state index is 11.3. The largest absolute Gasteiger partial charge is 0.495 e. The zero-order valence-corrected chi connectivity index (χ0v) is 17.1. The van der Waals surface area contributed by atoms with Crippen LogP contribution in [0.4, 0.5) is 11.4 Å². The van der Waals surface area contributed by atoms with E-state index in [1.54, 1.807) is 13.4 Å². The SMILES string of the molecule is COc1ccc(Cl)cc1NCC1C(c2ccc(NS(C)=O)cc2)C1(C)C. The van der Waals surface area contributed by atoms with Gasteiger partial charge in [-0.2, -0.15) is 0 Å². The molecule has 140 valence electrons. The molecule has 0 spiro atoms. The maximum atomic E-state index is 11.3. The number of benzene rings is 2. The number of methoxy groups -OCH3 is 1. The smallest absolute Gasteiger partial charge is 0.142 e. The molecule has 4 nitrogen and oxygen atoms in total. The van der Waals surface area contributed by atoms with E-state index in [9.17, 15) is 4.21 Å². The second-order valence-electron chi connectivity index (χ2n) is 7.31. The standard InChI is InChI=1S/C20H25ClN2O2S/c1-20(2)16(12-22-17-11-14(21)7-10-18(17)25-3)19(20)13-5-8-15(9-6-13)23-26(4)24/h5-11,16,19,22-23H,12H2,1-4H3. The number of rotatable bonds is 7. The van der Waals surface area contributed by atoms with Crippen molar-refractivity contribution in [3.8, 4) is 5.75 Å². The molecule has 2 aromatic rings. The van der Waals surface area contributed by atoms with Gasteiger partial charge in [-0.25, -0.2) is 4.21 Å². The van der Waals surface area contributed by atoms with Gasteiger partial charge < -0.3 is 14.8 Å². The Bertz CT molecular complexity index is 808. The minimum Gasteiger partial charge on any atom is -0.495 e. The first-order chi connectivity index (χ1) is 12.3. The summed E-state index contributed by atoms with van der Waals surface area (Å²) in [7, 11) is 0.611. The van der Waals surface area contributed by atoms with Crippen LogP contribution in [0.5, 0.6) is 5.75 Å². The lowest BCUT2D eigenvalue weighted by Gasteiger charge is -2.12. The van der Waals surface area contributed by atoms with Crippen LogP contribution in [0.3, 0.4) is 0 Å². The van der Waals surface area contributed by atoms with E-state index in [-0.39, 0.29) is 5.41 Å². The highest BCUT2D eigenvalue weighted by atomic mass is 35.5. The molecule has 1 aliphatic carbocycles. The summed E-state index contributed by atoms with van der Waals surface area (Å²) in [6, 6.07) is 13.8. The van der Waals surface area contributed by atoms with Gasteiger partial charge in [0.2, 0.25) is 0 Å². The summed E-state index contributed by atoms with van der Waals surface area (Å²) in [6.07, 6.45) is 1.63. The van der Waals surface area contributed by atoms with Crippen LogP contribution in [-0.4, -0.2) is 24.1 Å². The lowest BCUT2D eigenvalue weighted by Crippen LogP contribution is -2.08. The molecule has 2 aromatic carbocycles. The first-order valence-electron chi connectivity index (χ1n) is 8.60. The Balaban J connectivity index is 1.68. The van der Waals surface area contributed by atoms with Crippen LogP contribution in [0.25, 0.3) is 0 Å². The first-order valence-corrected chi connectivity index (χ1v) is 10.5. The number of anilines is 2. The van der Waals surface area contributed by atoms with Gasteiger partial charge in [0.25, 0.3) is 0 Å². The quantitative estimate of drug-likeness (QED) is 0.704. The highest BCUT2D eigenvalue weighted by Crippen LogP contribution is 2.64. The van der Waals surface area contributed by atoms with Crippen molar-refractivity contribution < 1.29 is 8.95 Å². The minimum absolute atomic E-state index is 0.224. The fourth-order valence-corrected chi connectivity index (χ4v) is 4.39. The Morgan fingerprint density at radius 3 is 2.50 bits per heavy atom. The average molecular weight is 393 g/mol. The zero-order valence-electron chi connectivity index (χ0n) is 15.5. The molecular formula is C20H25ClN2O2S. The third-order valence-corrected chi connectivity index (χ3v) is 6.01. The fourth-order valence-electron chi connectivity index (χ4n) is 3.75. The van der Waals surface area contributed by atoms with Gasteiger partial charge in [-0.1, -0.05) is 37.6 Å². The highest BCUT2D eigenvalue weighted by Gasteiger charge is 2.57. The van der Waals surface area contributed by atoms with Crippen LogP contribution >= 0.6 is 11.6 Å². The van der Waals surface area contributed by atoms with E-state index in [1.807, 2.05) is 30.3 Å². The van der Waals surface area contributed by atoms with Crippen molar-refractivity contribution in [2.45, 2.75) is 19.8 Å². The zero-order chi connectivity index (χ0) is 18.9. The van der Waals surface area contributed by atoms with Crippen LogP contribution in [0.1, 0.15) is 25.3 Å². The molecular weight excluding hydrogens is 368 g/mol. The van der Waals surface area contributed by atoms with Gasteiger partial charge >= 0.3 is 0 Å². The molecule has 0 heterocycles. The third kappa shape index (κ3) is 3.99. The first kappa shape index (κ1) is 19.1. The molecule has 6 heteroatoms. The summed E-state index contributed by atoms with van der Waals surface area (Å²) in [5.41, 5.74) is 3.34. The van der Waals surface area contributed by atoms with Crippen molar-refractivity contribution in [3.63, 3.8) is 0 Å². The Morgan fingerprint density at radius 1 is 1.19 bits per heavy atom. The summed E-state index contributed by atoms with van der Waals surface area (Å²) >= 11 is 6.11. The molecule has 0 amide bonds. The van der Waals surface area contributed by atoms with Gasteiger partial charge in [0, 0.05) is 23.5 Å². The molecule has 26 heavy (non-hydrogen) atoms. The number of nitrogens with one attached hydrogen (secondary N) is 2. The molecule has 3 rings (SSSR count). The van der Waals surface area contributed by atoms with E-state index in [0.717, 1.165) is 23.7 Å². The lowest BCUT2D eigenvalue weighted by molar-refractivity contribution is 0.416. The minimum atomic E-state index is -1.05. The van der Waals surface area contributed by atoms with E-state index >= 15 is 0 Å². The molecule has 2 N–H and O–H groups in total. The summed E-state index contributed by atoms with van der Waals surface area (Å²) < 4.78 is 19.6. The van der Waals surface area contributed by atoms with Gasteiger partial charge in [-0.05, 0) is 53.1 Å². The van der Waals surface area contributed by atoms with Crippen molar-refractivity contribution in [1.29, 1.82) is 0 Å². The van der Waals surface area contributed by atoms with Gasteiger partial charge in [-0.3, -0.25) is 0 Å². The normalized spacial score (nSPS) is 21.7. The Hall–Kier alpha value is -1.72. The van der Waals surface area contributed by atoms with E-state index in [1.165, 1.54) is 5.56 Å². The predicted octanol–water partition coefficient (Wildman–Crippen LogP) is 4.91. The number of hydrogen-bond donors (Lipinski definition) is 2. The monoisotopic (exact) mass is 392 g/mol. The summed E-state index contributed by atoms with van der Waals surface area (Å²) in [5.74, 6) is 1.80. The topological polar surface area (TPSA) is 50.4 Å². The summed E-state index contributed by atoms with van der Waals surface area (Å²) in [5, 5.41) is 4.19.